The number of rotatable bonds is 2. The maximum atomic E-state index is 12.8. The van der Waals surface area contributed by atoms with Gasteiger partial charge in [-0.25, -0.2) is 9.97 Å². The number of primary amides is 1. The van der Waals surface area contributed by atoms with Crippen LogP contribution in [0.25, 0.3) is 16.7 Å². The van der Waals surface area contributed by atoms with Gasteiger partial charge in [0.1, 0.15) is 5.69 Å². The van der Waals surface area contributed by atoms with Gasteiger partial charge in [0.25, 0.3) is 5.91 Å². The quantitative estimate of drug-likeness (QED) is 0.798. The second-order valence-corrected chi connectivity index (χ2v) is 4.08. The molecule has 1 amide bonds. The van der Waals surface area contributed by atoms with E-state index in [0.29, 0.717) is 17.1 Å². The van der Waals surface area contributed by atoms with Crippen LogP contribution in [0.15, 0.2) is 30.3 Å². The molecule has 0 atom stereocenters. The van der Waals surface area contributed by atoms with Crippen LogP contribution in [-0.4, -0.2) is 21.9 Å². The molecule has 3 N–H and O–H groups in total. The Morgan fingerprint density at radius 2 is 1.79 bits per heavy atom. The molecule has 0 saturated heterocycles. The SMILES string of the molecule is NC(=O)c1nc2ccccc2nc1C1=CC(F)(F)N1. The van der Waals surface area contributed by atoms with E-state index in [4.69, 9.17) is 5.73 Å². The first-order chi connectivity index (χ1) is 8.96. The molecule has 0 bridgehead atoms. The number of hydrogen-bond donors (Lipinski definition) is 2. The minimum atomic E-state index is -3.09. The van der Waals surface area contributed by atoms with Crippen molar-refractivity contribution < 1.29 is 13.6 Å². The van der Waals surface area contributed by atoms with Gasteiger partial charge in [-0.1, -0.05) is 12.1 Å². The van der Waals surface area contributed by atoms with Crippen molar-refractivity contribution in [3.05, 3.63) is 41.7 Å². The van der Waals surface area contributed by atoms with E-state index < -0.39 is 12.0 Å². The predicted octanol–water partition coefficient (Wildman–Crippen LogP) is 1.27. The zero-order valence-corrected chi connectivity index (χ0v) is 9.52. The van der Waals surface area contributed by atoms with Gasteiger partial charge in [-0.15, -0.1) is 0 Å². The highest BCUT2D eigenvalue weighted by Crippen LogP contribution is 2.31. The van der Waals surface area contributed by atoms with Gasteiger partial charge in [0.15, 0.2) is 5.69 Å². The summed E-state index contributed by atoms with van der Waals surface area (Å²) in [6, 6.07) is 3.72. The minimum Gasteiger partial charge on any atom is -0.364 e. The summed E-state index contributed by atoms with van der Waals surface area (Å²) in [5.41, 5.74) is 6.15. The number of carbonyl (C=O) groups excluding carboxylic acids is 1. The van der Waals surface area contributed by atoms with Crippen LogP contribution in [0.4, 0.5) is 8.78 Å². The average molecular weight is 262 g/mol. The third kappa shape index (κ3) is 1.88. The molecule has 3 rings (SSSR count). The molecule has 19 heavy (non-hydrogen) atoms. The lowest BCUT2D eigenvalue weighted by molar-refractivity contribution is 0.0179. The lowest BCUT2D eigenvalue weighted by Crippen LogP contribution is -2.43. The number of fused-ring (bicyclic) bond motifs is 1. The van der Waals surface area contributed by atoms with E-state index in [1.54, 1.807) is 24.3 Å². The van der Waals surface area contributed by atoms with E-state index in [9.17, 15) is 13.6 Å². The van der Waals surface area contributed by atoms with E-state index in [1.807, 2.05) is 5.32 Å². The van der Waals surface area contributed by atoms with E-state index in [2.05, 4.69) is 9.97 Å². The van der Waals surface area contributed by atoms with Crippen molar-refractivity contribution >= 4 is 22.6 Å². The molecule has 2 heterocycles. The van der Waals surface area contributed by atoms with Crippen LogP contribution in [0.3, 0.4) is 0 Å². The summed E-state index contributed by atoms with van der Waals surface area (Å²) in [4.78, 5) is 19.6. The predicted molar refractivity (Wildman–Crippen MR) is 64.1 cm³/mol. The summed E-state index contributed by atoms with van der Waals surface area (Å²) >= 11 is 0. The van der Waals surface area contributed by atoms with E-state index in [0.717, 1.165) is 0 Å². The summed E-state index contributed by atoms with van der Waals surface area (Å²) < 4.78 is 25.5. The summed E-state index contributed by atoms with van der Waals surface area (Å²) in [5, 5.41) is 1.91. The second-order valence-electron chi connectivity index (χ2n) is 4.08. The van der Waals surface area contributed by atoms with Crippen LogP contribution in [0.2, 0.25) is 0 Å². The number of hydrogen-bond acceptors (Lipinski definition) is 4. The smallest absolute Gasteiger partial charge is 0.346 e. The third-order valence-corrected chi connectivity index (χ3v) is 2.69. The topological polar surface area (TPSA) is 80.9 Å². The van der Waals surface area contributed by atoms with Crippen molar-refractivity contribution in [2.45, 2.75) is 6.05 Å². The van der Waals surface area contributed by atoms with Crippen molar-refractivity contribution in [1.29, 1.82) is 0 Å². The molecule has 0 aliphatic carbocycles. The van der Waals surface area contributed by atoms with E-state index in [1.165, 1.54) is 0 Å². The largest absolute Gasteiger partial charge is 0.364 e. The molecular weight excluding hydrogens is 254 g/mol. The Kier molecular flexibility index (Phi) is 2.25. The fraction of sp³-hybridized carbons (Fsp3) is 0.0833. The van der Waals surface area contributed by atoms with Gasteiger partial charge in [-0.2, -0.15) is 8.78 Å². The highest BCUT2D eigenvalue weighted by atomic mass is 19.3. The molecule has 0 spiro atoms. The van der Waals surface area contributed by atoms with Crippen LogP contribution >= 0.6 is 0 Å². The molecule has 1 aliphatic heterocycles. The Hall–Kier alpha value is -2.57. The number of nitrogens with one attached hydrogen (secondary N) is 1. The summed E-state index contributed by atoms with van der Waals surface area (Å²) in [6.45, 7) is 0. The highest BCUT2D eigenvalue weighted by Gasteiger charge is 2.38. The summed E-state index contributed by atoms with van der Waals surface area (Å²) in [5.74, 6) is -0.814. The minimum absolute atomic E-state index is 0.0390. The maximum absolute atomic E-state index is 12.8. The molecule has 96 valence electrons. The number of alkyl halides is 2. The lowest BCUT2D eigenvalue weighted by atomic mass is 10.1. The van der Waals surface area contributed by atoms with Crippen molar-refractivity contribution in [3.63, 3.8) is 0 Å². The number of nitrogens with zero attached hydrogens (tertiary/aromatic N) is 2. The molecule has 0 saturated carbocycles. The number of nitrogens with two attached hydrogens (primary N) is 1. The Morgan fingerprint density at radius 1 is 1.21 bits per heavy atom. The number of benzene rings is 1. The molecule has 0 radical (unpaired) electrons. The second kappa shape index (κ2) is 3.71. The van der Waals surface area contributed by atoms with Crippen LogP contribution < -0.4 is 11.1 Å². The van der Waals surface area contributed by atoms with Crippen LogP contribution in [-0.2, 0) is 0 Å². The number of para-hydroxylation sites is 2. The van der Waals surface area contributed by atoms with Crippen LogP contribution in [0, 0.1) is 0 Å². The normalized spacial score (nSPS) is 16.4. The van der Waals surface area contributed by atoms with Gasteiger partial charge < -0.3 is 11.1 Å². The van der Waals surface area contributed by atoms with Gasteiger partial charge in [0, 0.05) is 6.08 Å². The number of carbonyl (C=O) groups is 1. The standard InChI is InChI=1S/C12H8F2N4O/c13-12(14)5-8(18-12)9-10(11(15)19)17-7-4-2-1-3-6(7)16-9/h1-5,18H,(H2,15,19). The Bertz CT molecular complexity index is 727. The molecule has 0 fully saturated rings. The lowest BCUT2D eigenvalue weighted by Gasteiger charge is -2.27. The molecule has 5 nitrogen and oxygen atoms in total. The average Bonchev–Trinajstić information content (AvgIpc) is 2.34. The Morgan fingerprint density at radius 3 is 2.32 bits per heavy atom. The van der Waals surface area contributed by atoms with Crippen LogP contribution in [0.1, 0.15) is 16.2 Å². The van der Waals surface area contributed by atoms with Crippen molar-refractivity contribution in [1.82, 2.24) is 15.3 Å². The zero-order chi connectivity index (χ0) is 13.6. The molecule has 1 aliphatic rings. The first kappa shape index (κ1) is 11.5. The van der Waals surface area contributed by atoms with Gasteiger partial charge >= 0.3 is 6.05 Å². The monoisotopic (exact) mass is 262 g/mol. The molecule has 0 unspecified atom stereocenters. The van der Waals surface area contributed by atoms with E-state index in [-0.39, 0.29) is 17.1 Å². The van der Waals surface area contributed by atoms with Crippen molar-refractivity contribution in [2.24, 2.45) is 5.73 Å². The number of halogens is 2. The first-order valence-electron chi connectivity index (χ1n) is 5.42. The first-order valence-corrected chi connectivity index (χ1v) is 5.42. The zero-order valence-electron chi connectivity index (χ0n) is 9.52. The fourth-order valence-electron chi connectivity index (χ4n) is 1.84. The molecular formula is C12H8F2N4O. The summed E-state index contributed by atoms with van der Waals surface area (Å²) in [6.07, 6.45) is 0.679. The van der Waals surface area contributed by atoms with Crippen molar-refractivity contribution in [2.75, 3.05) is 0 Å². The summed E-state index contributed by atoms with van der Waals surface area (Å²) in [7, 11) is 0. The van der Waals surface area contributed by atoms with Gasteiger partial charge in [-0.3, -0.25) is 4.79 Å². The fourth-order valence-corrected chi connectivity index (χ4v) is 1.84. The Labute approximate surface area is 106 Å². The number of amides is 1. The third-order valence-electron chi connectivity index (χ3n) is 2.69. The van der Waals surface area contributed by atoms with Crippen molar-refractivity contribution in [3.8, 4) is 0 Å². The molecule has 7 heteroatoms. The maximum Gasteiger partial charge on any atom is 0.346 e. The Balaban J connectivity index is 2.22. The molecule has 1 aromatic carbocycles. The van der Waals surface area contributed by atoms with Crippen LogP contribution in [0.5, 0.6) is 0 Å². The van der Waals surface area contributed by atoms with Gasteiger partial charge in [0.05, 0.1) is 16.7 Å². The van der Waals surface area contributed by atoms with Gasteiger partial charge in [0.2, 0.25) is 0 Å². The molecule has 1 aromatic heterocycles. The number of aromatic nitrogens is 2. The molecule has 2 aromatic rings. The highest BCUT2D eigenvalue weighted by molar-refractivity contribution is 5.97. The van der Waals surface area contributed by atoms with Gasteiger partial charge in [-0.05, 0) is 12.1 Å². The van der Waals surface area contributed by atoms with E-state index >= 15 is 0 Å².